The van der Waals surface area contributed by atoms with E-state index in [0.29, 0.717) is 0 Å². The molecular formula is C9H13NO2S. The second-order valence-electron chi connectivity index (χ2n) is 2.87. The van der Waals surface area contributed by atoms with Crippen molar-refractivity contribution in [3.05, 3.63) is 21.9 Å². The Morgan fingerprint density at radius 3 is 3.00 bits per heavy atom. The van der Waals surface area contributed by atoms with E-state index in [1.807, 2.05) is 18.4 Å². The number of thiophene rings is 1. The SMILES string of the molecule is CCc1ccsc1C(N)CC(=O)O. The van der Waals surface area contributed by atoms with Crippen molar-refractivity contribution in [1.29, 1.82) is 0 Å². The minimum atomic E-state index is -0.844. The third-order valence-corrected chi connectivity index (χ3v) is 2.98. The molecule has 0 fully saturated rings. The van der Waals surface area contributed by atoms with Crippen molar-refractivity contribution in [3.63, 3.8) is 0 Å². The van der Waals surface area contributed by atoms with Gasteiger partial charge in [-0.1, -0.05) is 6.92 Å². The van der Waals surface area contributed by atoms with E-state index in [1.165, 1.54) is 16.9 Å². The number of nitrogens with two attached hydrogens (primary N) is 1. The lowest BCUT2D eigenvalue weighted by molar-refractivity contribution is -0.137. The molecule has 3 nitrogen and oxygen atoms in total. The second kappa shape index (κ2) is 4.39. The van der Waals surface area contributed by atoms with Gasteiger partial charge in [0.15, 0.2) is 0 Å². The quantitative estimate of drug-likeness (QED) is 0.777. The Bertz CT molecular complexity index is 296. The van der Waals surface area contributed by atoms with Crippen LogP contribution in [0.1, 0.15) is 29.8 Å². The van der Waals surface area contributed by atoms with Crippen molar-refractivity contribution >= 4 is 17.3 Å². The zero-order valence-corrected chi connectivity index (χ0v) is 8.30. The maximum atomic E-state index is 10.4. The number of aliphatic carboxylic acids is 1. The van der Waals surface area contributed by atoms with Crippen molar-refractivity contribution in [2.75, 3.05) is 0 Å². The summed E-state index contributed by atoms with van der Waals surface area (Å²) in [7, 11) is 0. The lowest BCUT2D eigenvalue weighted by Crippen LogP contribution is -2.14. The molecule has 1 rings (SSSR count). The summed E-state index contributed by atoms with van der Waals surface area (Å²) in [4.78, 5) is 11.4. The minimum absolute atomic E-state index is 0.00745. The highest BCUT2D eigenvalue weighted by molar-refractivity contribution is 7.10. The molecule has 13 heavy (non-hydrogen) atoms. The average molecular weight is 199 g/mol. The van der Waals surface area contributed by atoms with E-state index in [1.54, 1.807) is 0 Å². The van der Waals surface area contributed by atoms with Crippen LogP contribution in [-0.4, -0.2) is 11.1 Å². The standard InChI is InChI=1S/C9H13NO2S/c1-2-6-3-4-13-9(6)7(10)5-8(11)12/h3-4,7H,2,5,10H2,1H3,(H,11,12). The number of aryl methyl sites for hydroxylation is 1. The minimum Gasteiger partial charge on any atom is -0.481 e. The van der Waals surface area contributed by atoms with Crippen LogP contribution in [0, 0.1) is 0 Å². The molecular weight excluding hydrogens is 186 g/mol. The first-order valence-electron chi connectivity index (χ1n) is 4.18. The van der Waals surface area contributed by atoms with Gasteiger partial charge in [0.1, 0.15) is 0 Å². The Balaban J connectivity index is 2.75. The van der Waals surface area contributed by atoms with Gasteiger partial charge in [-0.05, 0) is 23.4 Å². The summed E-state index contributed by atoms with van der Waals surface area (Å²) in [5.41, 5.74) is 6.91. The molecule has 1 heterocycles. The van der Waals surface area contributed by atoms with Crippen LogP contribution >= 0.6 is 11.3 Å². The highest BCUT2D eigenvalue weighted by atomic mass is 32.1. The fraction of sp³-hybridized carbons (Fsp3) is 0.444. The zero-order chi connectivity index (χ0) is 9.84. The number of hydrogen-bond donors (Lipinski definition) is 2. The average Bonchev–Trinajstić information content (AvgIpc) is 2.49. The van der Waals surface area contributed by atoms with Gasteiger partial charge in [-0.25, -0.2) is 0 Å². The molecule has 1 unspecified atom stereocenters. The molecule has 0 saturated carbocycles. The molecule has 0 spiro atoms. The Hall–Kier alpha value is -0.870. The normalized spacial score (nSPS) is 12.8. The van der Waals surface area contributed by atoms with Crippen LogP contribution in [0.5, 0.6) is 0 Å². The maximum absolute atomic E-state index is 10.4. The van der Waals surface area contributed by atoms with E-state index in [-0.39, 0.29) is 12.5 Å². The fourth-order valence-corrected chi connectivity index (χ4v) is 2.25. The van der Waals surface area contributed by atoms with Crippen molar-refractivity contribution < 1.29 is 9.90 Å². The number of carbonyl (C=O) groups is 1. The summed E-state index contributed by atoms with van der Waals surface area (Å²) >= 11 is 1.54. The van der Waals surface area contributed by atoms with Gasteiger partial charge >= 0.3 is 5.97 Å². The van der Waals surface area contributed by atoms with Crippen LogP contribution in [0.4, 0.5) is 0 Å². The van der Waals surface area contributed by atoms with E-state index in [4.69, 9.17) is 10.8 Å². The van der Waals surface area contributed by atoms with E-state index in [2.05, 4.69) is 0 Å². The van der Waals surface area contributed by atoms with Gasteiger partial charge in [0.2, 0.25) is 0 Å². The lowest BCUT2D eigenvalue weighted by atomic mass is 10.1. The number of carboxylic acids is 1. The molecule has 0 aliphatic heterocycles. The van der Waals surface area contributed by atoms with Crippen LogP contribution in [0.3, 0.4) is 0 Å². The molecule has 0 amide bonds. The van der Waals surface area contributed by atoms with Crippen LogP contribution < -0.4 is 5.73 Å². The molecule has 72 valence electrons. The summed E-state index contributed by atoms with van der Waals surface area (Å²) < 4.78 is 0. The van der Waals surface area contributed by atoms with Crippen LogP contribution in [-0.2, 0) is 11.2 Å². The summed E-state index contributed by atoms with van der Waals surface area (Å²) in [6.45, 7) is 2.04. The predicted octanol–water partition coefficient (Wildman–Crippen LogP) is 1.79. The largest absolute Gasteiger partial charge is 0.481 e. The number of rotatable bonds is 4. The van der Waals surface area contributed by atoms with E-state index < -0.39 is 5.97 Å². The first-order chi connectivity index (χ1) is 6.15. The summed E-state index contributed by atoms with van der Waals surface area (Å²) in [5.74, 6) is -0.844. The monoisotopic (exact) mass is 199 g/mol. The number of carboxylic acid groups (broad SMARTS) is 1. The Morgan fingerprint density at radius 1 is 1.77 bits per heavy atom. The van der Waals surface area contributed by atoms with Crippen molar-refractivity contribution in [3.8, 4) is 0 Å². The molecule has 4 heteroatoms. The smallest absolute Gasteiger partial charge is 0.305 e. The zero-order valence-electron chi connectivity index (χ0n) is 7.49. The molecule has 0 aliphatic rings. The first-order valence-corrected chi connectivity index (χ1v) is 5.06. The molecule has 1 aromatic heterocycles. The molecule has 0 aromatic carbocycles. The van der Waals surface area contributed by atoms with Gasteiger partial charge < -0.3 is 10.8 Å². The molecule has 1 atom stereocenters. The highest BCUT2D eigenvalue weighted by Crippen LogP contribution is 2.25. The Morgan fingerprint density at radius 2 is 2.46 bits per heavy atom. The Labute approximate surface area is 81.2 Å². The van der Waals surface area contributed by atoms with E-state index in [0.717, 1.165) is 11.3 Å². The van der Waals surface area contributed by atoms with E-state index in [9.17, 15) is 4.79 Å². The predicted molar refractivity (Wildman–Crippen MR) is 52.9 cm³/mol. The number of hydrogen-bond acceptors (Lipinski definition) is 3. The Kier molecular flexibility index (Phi) is 3.45. The van der Waals surface area contributed by atoms with Crippen molar-refractivity contribution in [1.82, 2.24) is 0 Å². The van der Waals surface area contributed by atoms with Crippen molar-refractivity contribution in [2.24, 2.45) is 5.73 Å². The topological polar surface area (TPSA) is 63.3 Å². The lowest BCUT2D eigenvalue weighted by Gasteiger charge is -2.08. The molecule has 0 radical (unpaired) electrons. The fourth-order valence-electron chi connectivity index (χ4n) is 1.25. The highest BCUT2D eigenvalue weighted by Gasteiger charge is 2.14. The molecule has 0 saturated heterocycles. The molecule has 0 bridgehead atoms. The maximum Gasteiger partial charge on any atom is 0.305 e. The third kappa shape index (κ3) is 2.54. The summed E-state index contributed by atoms with van der Waals surface area (Å²) in [5, 5.41) is 10.5. The summed E-state index contributed by atoms with van der Waals surface area (Å²) in [6.07, 6.45) is 0.916. The van der Waals surface area contributed by atoms with Gasteiger partial charge in [-0.15, -0.1) is 11.3 Å². The van der Waals surface area contributed by atoms with Crippen molar-refractivity contribution in [2.45, 2.75) is 25.8 Å². The third-order valence-electron chi connectivity index (χ3n) is 1.89. The molecule has 1 aromatic rings. The van der Waals surface area contributed by atoms with Crippen LogP contribution in [0.15, 0.2) is 11.4 Å². The van der Waals surface area contributed by atoms with E-state index >= 15 is 0 Å². The summed E-state index contributed by atoms with van der Waals surface area (Å²) in [6, 6.07) is 1.65. The first kappa shape index (κ1) is 10.2. The van der Waals surface area contributed by atoms with Gasteiger partial charge in [-0.2, -0.15) is 0 Å². The van der Waals surface area contributed by atoms with Gasteiger partial charge in [0.05, 0.1) is 6.42 Å². The van der Waals surface area contributed by atoms with Gasteiger partial charge in [0.25, 0.3) is 0 Å². The van der Waals surface area contributed by atoms with Gasteiger partial charge in [0, 0.05) is 10.9 Å². The molecule has 0 aliphatic carbocycles. The van der Waals surface area contributed by atoms with Crippen LogP contribution in [0.2, 0.25) is 0 Å². The van der Waals surface area contributed by atoms with Crippen LogP contribution in [0.25, 0.3) is 0 Å². The van der Waals surface area contributed by atoms with Gasteiger partial charge in [-0.3, -0.25) is 4.79 Å². The second-order valence-corrected chi connectivity index (χ2v) is 3.82. The molecule has 3 N–H and O–H groups in total.